The molecule has 12 nitrogen and oxygen atoms in total. The number of methoxy groups -OCH3 is 2. The van der Waals surface area contributed by atoms with Gasteiger partial charge in [-0.2, -0.15) is 0 Å². The summed E-state index contributed by atoms with van der Waals surface area (Å²) in [5.74, 6) is -1.28. The van der Waals surface area contributed by atoms with Crippen LogP contribution in [-0.2, 0) is 35.1 Å². The molecule has 1 aliphatic heterocycles. The lowest BCUT2D eigenvalue weighted by Gasteiger charge is -2.41. The number of hydrogen-bond acceptors (Lipinski definition) is 9. The summed E-state index contributed by atoms with van der Waals surface area (Å²) in [6, 6.07) is 7.85. The van der Waals surface area contributed by atoms with E-state index in [2.05, 4.69) is 36.4 Å². The van der Waals surface area contributed by atoms with E-state index in [1.54, 1.807) is 32.4 Å². The van der Waals surface area contributed by atoms with Gasteiger partial charge >= 0.3 is 0 Å². The van der Waals surface area contributed by atoms with E-state index in [1.807, 2.05) is 87.3 Å². The molecule has 0 aliphatic carbocycles. The Morgan fingerprint density at radius 2 is 1.59 bits per heavy atom. The molecule has 1 fully saturated rings. The Bertz CT molecular complexity index is 1510. The summed E-state index contributed by atoms with van der Waals surface area (Å²) in [6.45, 7) is 14.5. The fourth-order valence-corrected chi connectivity index (χ4v) is 8.95. The van der Waals surface area contributed by atoms with E-state index in [4.69, 9.17) is 9.47 Å². The number of rotatable bonds is 22. The molecule has 0 spiro atoms. The Morgan fingerprint density at radius 3 is 2.12 bits per heavy atom. The number of nitrogens with one attached hydrogen (secondary N) is 2. The normalized spacial score (nSPS) is 19.4. The van der Waals surface area contributed by atoms with Crippen LogP contribution in [0.1, 0.15) is 97.2 Å². The van der Waals surface area contributed by atoms with Gasteiger partial charge in [-0.1, -0.05) is 91.6 Å². The molecule has 4 amide bonds. The second-order valence-corrected chi connectivity index (χ2v) is 17.2. The maximum atomic E-state index is 14.3. The maximum Gasteiger partial charge on any atom is 0.245 e. The van der Waals surface area contributed by atoms with Crippen LogP contribution in [0, 0.1) is 23.7 Å². The quantitative estimate of drug-likeness (QED) is 0.158. The molecule has 2 heterocycles. The molecule has 1 aromatic carbocycles. The highest BCUT2D eigenvalue weighted by Gasteiger charge is 2.43. The second kappa shape index (κ2) is 22.5. The Hall–Kier alpha value is -3.39. The van der Waals surface area contributed by atoms with Gasteiger partial charge in [0.25, 0.3) is 0 Å². The van der Waals surface area contributed by atoms with Crippen LogP contribution in [-0.4, -0.2) is 122 Å². The molecule has 56 heavy (non-hydrogen) atoms. The molecule has 2 aromatic rings. The number of thiazole rings is 1. The predicted molar refractivity (Wildman–Crippen MR) is 223 cm³/mol. The first-order valence-corrected chi connectivity index (χ1v) is 21.3. The molecule has 3 rings (SSSR count). The lowest BCUT2D eigenvalue weighted by molar-refractivity contribution is -0.148. The van der Waals surface area contributed by atoms with E-state index in [1.165, 1.54) is 11.3 Å². The van der Waals surface area contributed by atoms with Gasteiger partial charge in [0.15, 0.2) is 0 Å². The molecule has 314 valence electrons. The van der Waals surface area contributed by atoms with E-state index >= 15 is 0 Å². The Labute approximate surface area is 340 Å². The molecule has 1 aromatic heterocycles. The first kappa shape index (κ1) is 47.0. The third kappa shape index (κ3) is 12.1. The monoisotopic (exact) mass is 799 g/mol. The van der Waals surface area contributed by atoms with Gasteiger partial charge in [-0.05, 0) is 56.7 Å². The van der Waals surface area contributed by atoms with Gasteiger partial charge in [-0.3, -0.25) is 24.1 Å². The maximum absolute atomic E-state index is 14.3. The highest BCUT2D eigenvalue weighted by atomic mass is 32.1. The number of nitrogens with zero attached hydrogens (tertiary/aromatic N) is 4. The van der Waals surface area contributed by atoms with Crippen molar-refractivity contribution in [3.05, 3.63) is 52.5 Å². The van der Waals surface area contributed by atoms with E-state index in [-0.39, 0.29) is 65.9 Å². The zero-order chi connectivity index (χ0) is 41.7. The zero-order valence-electron chi connectivity index (χ0n) is 36.0. The number of aromatic nitrogens is 1. The highest BCUT2D eigenvalue weighted by molar-refractivity contribution is 7.09. The number of benzene rings is 1. The summed E-state index contributed by atoms with van der Waals surface area (Å²) < 4.78 is 12.1. The van der Waals surface area contributed by atoms with Gasteiger partial charge in [0.05, 0.1) is 48.7 Å². The number of amides is 4. The molecule has 1 saturated heterocycles. The van der Waals surface area contributed by atoms with E-state index in [0.29, 0.717) is 19.4 Å². The summed E-state index contributed by atoms with van der Waals surface area (Å²) in [5.41, 5.74) is 1.09. The van der Waals surface area contributed by atoms with Gasteiger partial charge in [0, 0.05) is 39.4 Å². The van der Waals surface area contributed by atoms with Crippen molar-refractivity contribution in [2.24, 2.45) is 23.7 Å². The largest absolute Gasteiger partial charge is 0.379 e. The van der Waals surface area contributed by atoms with Gasteiger partial charge in [0.2, 0.25) is 23.6 Å². The Morgan fingerprint density at radius 1 is 0.929 bits per heavy atom. The summed E-state index contributed by atoms with van der Waals surface area (Å²) >= 11 is 1.51. The molecule has 10 atom stereocenters. The minimum Gasteiger partial charge on any atom is -0.379 e. The minimum absolute atomic E-state index is 0.00802. The van der Waals surface area contributed by atoms with Crippen molar-refractivity contribution in [3.63, 3.8) is 0 Å². The van der Waals surface area contributed by atoms with E-state index in [9.17, 15) is 19.2 Å². The van der Waals surface area contributed by atoms with Crippen LogP contribution in [0.2, 0.25) is 0 Å². The molecular weight excluding hydrogens is 729 g/mol. The van der Waals surface area contributed by atoms with Crippen LogP contribution in [0.5, 0.6) is 0 Å². The second-order valence-electron chi connectivity index (χ2n) is 16.2. The van der Waals surface area contributed by atoms with Crippen molar-refractivity contribution < 1.29 is 28.7 Å². The average molecular weight is 799 g/mol. The minimum atomic E-state index is -0.750. The van der Waals surface area contributed by atoms with Crippen molar-refractivity contribution in [3.8, 4) is 0 Å². The molecule has 2 unspecified atom stereocenters. The SMILES string of the molecule is CCC(C)[C@@H](C(=O)N[C@H](C(=O)N(C)[C@@H](C(C)CC)[C@@H](CC(=O)N1CCC[C@H]1[C@H](OC)[C@@H](C)C(=O)N[C@@H](Cc1ccccc1)c1nccs1)OC)C(C)C)N(C)C. The first-order valence-electron chi connectivity index (χ1n) is 20.4. The molecular formula is C43H70N6O6S. The van der Waals surface area contributed by atoms with Crippen molar-refractivity contribution in [1.29, 1.82) is 0 Å². The number of ether oxygens (including phenoxy) is 2. The zero-order valence-corrected chi connectivity index (χ0v) is 36.8. The lowest BCUT2D eigenvalue weighted by Crippen LogP contribution is -2.59. The molecule has 2 N–H and O–H groups in total. The molecule has 0 saturated carbocycles. The van der Waals surface area contributed by atoms with Gasteiger partial charge in [-0.25, -0.2) is 4.98 Å². The van der Waals surface area contributed by atoms with Crippen LogP contribution < -0.4 is 10.6 Å². The van der Waals surface area contributed by atoms with Gasteiger partial charge in [-0.15, -0.1) is 11.3 Å². The fraction of sp³-hybridized carbons (Fsp3) is 0.698. The number of carbonyl (C=O) groups is 4. The van der Waals surface area contributed by atoms with Crippen LogP contribution in [0.25, 0.3) is 0 Å². The van der Waals surface area contributed by atoms with E-state index in [0.717, 1.165) is 29.8 Å². The standard InChI is InChI=1S/C43H70N6O6S/c1-13-28(5)37(48(10)43(53)36(27(3)4)46-41(52)38(47(8)9)29(6)14-2)34(54-11)26-35(50)49-23-18-21-33(49)39(55-12)30(7)40(51)45-32(42-44-22-24-56-42)25-31-19-16-15-17-20-31/h15-17,19-20,22,24,27-30,32-34,36-39H,13-14,18,21,23,25-26H2,1-12H3,(H,45,51)(H,46,52)/t28?,29?,30-,32+,33+,34-,36+,37+,38+,39-/m1/s1. The molecule has 0 radical (unpaired) electrons. The average Bonchev–Trinajstić information content (AvgIpc) is 3.90. The van der Waals surface area contributed by atoms with Gasteiger partial charge < -0.3 is 29.9 Å². The summed E-state index contributed by atoms with van der Waals surface area (Å²) in [7, 11) is 8.71. The van der Waals surface area contributed by atoms with Crippen LogP contribution >= 0.6 is 11.3 Å². The van der Waals surface area contributed by atoms with Crippen molar-refractivity contribution >= 4 is 35.0 Å². The third-order valence-corrected chi connectivity index (χ3v) is 12.7. The Kier molecular flexibility index (Phi) is 18.9. The van der Waals surface area contributed by atoms with Crippen LogP contribution in [0.4, 0.5) is 0 Å². The van der Waals surface area contributed by atoms with Crippen molar-refractivity contribution in [2.45, 2.75) is 129 Å². The van der Waals surface area contributed by atoms with Gasteiger partial charge in [0.1, 0.15) is 11.0 Å². The van der Waals surface area contributed by atoms with Crippen molar-refractivity contribution in [1.82, 2.24) is 30.3 Å². The van der Waals surface area contributed by atoms with Crippen LogP contribution in [0.3, 0.4) is 0 Å². The number of hydrogen-bond donors (Lipinski definition) is 2. The molecule has 1 aliphatic rings. The number of likely N-dealkylation sites (tertiary alicyclic amines) is 1. The smallest absolute Gasteiger partial charge is 0.245 e. The topological polar surface area (TPSA) is 133 Å². The Balaban J connectivity index is 1.79. The third-order valence-electron chi connectivity index (χ3n) is 11.8. The molecule has 0 bridgehead atoms. The number of carbonyl (C=O) groups excluding carboxylic acids is 4. The summed E-state index contributed by atoms with van der Waals surface area (Å²) in [5, 5.41) is 9.06. The number of likely N-dealkylation sites (N-methyl/N-ethyl adjacent to an activating group) is 2. The summed E-state index contributed by atoms with van der Waals surface area (Å²) in [6.07, 6.45) is 4.32. The first-order chi connectivity index (χ1) is 26.6. The lowest BCUT2D eigenvalue weighted by atomic mass is 9.89. The summed E-state index contributed by atoms with van der Waals surface area (Å²) in [4.78, 5) is 66.1. The molecule has 13 heteroatoms. The van der Waals surface area contributed by atoms with E-state index < -0.39 is 30.2 Å². The van der Waals surface area contributed by atoms with Crippen LogP contribution in [0.15, 0.2) is 41.9 Å². The fourth-order valence-electron chi connectivity index (χ4n) is 8.26. The highest BCUT2D eigenvalue weighted by Crippen LogP contribution is 2.30. The predicted octanol–water partition coefficient (Wildman–Crippen LogP) is 5.58. The van der Waals surface area contributed by atoms with Crippen molar-refractivity contribution in [2.75, 3.05) is 41.9 Å².